The SMILES string of the molecule is CC1(C(=O)NC2(C(F)(F)F)CC2)CCNCC1. The van der Waals surface area contributed by atoms with E-state index < -0.39 is 23.0 Å². The summed E-state index contributed by atoms with van der Waals surface area (Å²) in [6.45, 7) is 3.11. The van der Waals surface area contributed by atoms with Crippen LogP contribution in [0.15, 0.2) is 0 Å². The number of alkyl halides is 3. The number of carbonyl (C=O) groups is 1. The first-order valence-electron chi connectivity index (χ1n) is 5.89. The average molecular weight is 250 g/mol. The van der Waals surface area contributed by atoms with Crippen molar-refractivity contribution >= 4 is 5.91 Å². The summed E-state index contributed by atoms with van der Waals surface area (Å²) in [6.07, 6.45) is -3.13. The smallest absolute Gasteiger partial charge is 0.341 e. The number of amides is 1. The molecule has 0 unspecified atom stereocenters. The highest BCUT2D eigenvalue weighted by Crippen LogP contribution is 2.49. The Morgan fingerprint density at radius 2 is 1.71 bits per heavy atom. The monoisotopic (exact) mass is 250 g/mol. The van der Waals surface area contributed by atoms with Crippen molar-refractivity contribution in [2.45, 2.75) is 44.3 Å². The molecule has 0 bridgehead atoms. The van der Waals surface area contributed by atoms with Crippen molar-refractivity contribution in [2.75, 3.05) is 13.1 Å². The van der Waals surface area contributed by atoms with Crippen molar-refractivity contribution in [3.8, 4) is 0 Å². The molecule has 2 N–H and O–H groups in total. The van der Waals surface area contributed by atoms with E-state index in [0.717, 1.165) is 0 Å². The zero-order valence-corrected chi connectivity index (χ0v) is 9.78. The maximum Gasteiger partial charge on any atom is 0.411 e. The van der Waals surface area contributed by atoms with Gasteiger partial charge in [-0.15, -0.1) is 0 Å². The largest absolute Gasteiger partial charge is 0.411 e. The van der Waals surface area contributed by atoms with Crippen molar-refractivity contribution in [1.82, 2.24) is 10.6 Å². The second-order valence-electron chi connectivity index (χ2n) is 5.34. The molecule has 1 amide bonds. The van der Waals surface area contributed by atoms with Crippen LogP contribution >= 0.6 is 0 Å². The lowest BCUT2D eigenvalue weighted by atomic mass is 9.80. The molecule has 98 valence electrons. The van der Waals surface area contributed by atoms with Gasteiger partial charge in [-0.2, -0.15) is 13.2 Å². The first-order chi connectivity index (χ1) is 7.79. The standard InChI is InChI=1S/C11H17F3N2O/c1-9(4-6-15-7-5-9)8(17)16-10(2-3-10)11(12,13)14/h15H,2-7H2,1H3,(H,16,17). The van der Waals surface area contributed by atoms with Gasteiger partial charge in [-0.05, 0) is 38.8 Å². The Balaban J connectivity index is 2.02. The third-order valence-corrected chi connectivity index (χ3v) is 3.90. The van der Waals surface area contributed by atoms with E-state index in [2.05, 4.69) is 10.6 Å². The van der Waals surface area contributed by atoms with Crippen molar-refractivity contribution in [3.63, 3.8) is 0 Å². The Hall–Kier alpha value is -0.780. The van der Waals surface area contributed by atoms with Crippen molar-refractivity contribution in [2.24, 2.45) is 5.41 Å². The molecule has 2 aliphatic rings. The third kappa shape index (κ3) is 2.27. The Labute approximate surface area is 98.1 Å². The molecule has 2 fully saturated rings. The summed E-state index contributed by atoms with van der Waals surface area (Å²) in [5.41, 5.74) is -2.59. The number of rotatable bonds is 2. The predicted molar refractivity (Wildman–Crippen MR) is 56.4 cm³/mol. The minimum atomic E-state index is -4.33. The summed E-state index contributed by atoms with van der Waals surface area (Å²) >= 11 is 0. The van der Waals surface area contributed by atoms with Gasteiger partial charge in [0.1, 0.15) is 5.54 Å². The van der Waals surface area contributed by atoms with Crippen LogP contribution in [-0.4, -0.2) is 30.7 Å². The molecule has 0 radical (unpaired) electrons. The van der Waals surface area contributed by atoms with Gasteiger partial charge in [0.25, 0.3) is 0 Å². The first kappa shape index (κ1) is 12.7. The lowest BCUT2D eigenvalue weighted by Crippen LogP contribution is -2.54. The molecule has 2 rings (SSSR count). The summed E-state index contributed by atoms with van der Waals surface area (Å²) in [7, 11) is 0. The fourth-order valence-electron chi connectivity index (χ4n) is 2.18. The van der Waals surface area contributed by atoms with E-state index in [1.54, 1.807) is 6.92 Å². The molecule has 6 heteroatoms. The lowest BCUT2D eigenvalue weighted by Gasteiger charge is -2.34. The molecule has 17 heavy (non-hydrogen) atoms. The van der Waals surface area contributed by atoms with Crippen molar-refractivity contribution in [3.05, 3.63) is 0 Å². The highest BCUT2D eigenvalue weighted by molar-refractivity contribution is 5.83. The van der Waals surface area contributed by atoms with E-state index in [9.17, 15) is 18.0 Å². The molecule has 0 aromatic rings. The highest BCUT2D eigenvalue weighted by atomic mass is 19.4. The summed E-state index contributed by atoms with van der Waals surface area (Å²) in [6, 6.07) is 0. The Bertz CT molecular complexity index is 317. The molecule has 0 aromatic heterocycles. The molecule has 0 spiro atoms. The van der Waals surface area contributed by atoms with Gasteiger partial charge >= 0.3 is 6.18 Å². The molecule has 3 nitrogen and oxygen atoms in total. The molecular formula is C11H17F3N2O. The van der Waals surface area contributed by atoms with Crippen LogP contribution in [0.25, 0.3) is 0 Å². The summed E-state index contributed by atoms with van der Waals surface area (Å²) in [4.78, 5) is 12.0. The number of hydrogen-bond acceptors (Lipinski definition) is 2. The van der Waals surface area contributed by atoms with E-state index in [1.165, 1.54) is 0 Å². The van der Waals surface area contributed by atoms with Crippen LogP contribution in [0.3, 0.4) is 0 Å². The van der Waals surface area contributed by atoms with Gasteiger partial charge in [-0.3, -0.25) is 4.79 Å². The zero-order valence-electron chi connectivity index (χ0n) is 9.78. The second kappa shape index (κ2) is 3.86. The van der Waals surface area contributed by atoms with Gasteiger partial charge < -0.3 is 10.6 Å². The second-order valence-corrected chi connectivity index (χ2v) is 5.34. The minimum absolute atomic E-state index is 0.0105. The fourth-order valence-corrected chi connectivity index (χ4v) is 2.18. The Morgan fingerprint density at radius 1 is 1.18 bits per heavy atom. The van der Waals surface area contributed by atoms with Crippen LogP contribution < -0.4 is 10.6 Å². The molecule has 1 heterocycles. The van der Waals surface area contributed by atoms with E-state index >= 15 is 0 Å². The van der Waals surface area contributed by atoms with Gasteiger partial charge in [-0.1, -0.05) is 6.92 Å². The van der Waals surface area contributed by atoms with E-state index in [4.69, 9.17) is 0 Å². The Morgan fingerprint density at radius 3 is 2.12 bits per heavy atom. The summed E-state index contributed by atoms with van der Waals surface area (Å²) in [5, 5.41) is 5.33. The van der Waals surface area contributed by atoms with Crippen LogP contribution in [0.1, 0.15) is 32.6 Å². The van der Waals surface area contributed by atoms with Crippen molar-refractivity contribution in [1.29, 1.82) is 0 Å². The molecule has 1 aliphatic carbocycles. The fraction of sp³-hybridized carbons (Fsp3) is 0.909. The quantitative estimate of drug-likeness (QED) is 0.781. The number of carbonyl (C=O) groups excluding carboxylic acids is 1. The zero-order chi connectivity index (χ0) is 12.7. The molecule has 1 aliphatic heterocycles. The van der Waals surface area contributed by atoms with Crippen LogP contribution in [0, 0.1) is 5.41 Å². The summed E-state index contributed by atoms with van der Waals surface area (Å²) in [5.74, 6) is -0.450. The van der Waals surface area contributed by atoms with Gasteiger partial charge in [0, 0.05) is 5.41 Å². The van der Waals surface area contributed by atoms with E-state index in [1.807, 2.05) is 0 Å². The highest BCUT2D eigenvalue weighted by Gasteiger charge is 2.65. The lowest BCUT2D eigenvalue weighted by molar-refractivity contribution is -0.173. The molecule has 0 aromatic carbocycles. The topological polar surface area (TPSA) is 41.1 Å². The minimum Gasteiger partial charge on any atom is -0.341 e. The molecule has 1 saturated heterocycles. The van der Waals surface area contributed by atoms with Gasteiger partial charge in [0.05, 0.1) is 0 Å². The average Bonchev–Trinajstić information content (AvgIpc) is 2.99. The normalized spacial score (nSPS) is 26.4. The van der Waals surface area contributed by atoms with Gasteiger partial charge in [0.2, 0.25) is 5.91 Å². The van der Waals surface area contributed by atoms with Crippen LogP contribution in [0.2, 0.25) is 0 Å². The molecule has 0 atom stereocenters. The van der Waals surface area contributed by atoms with Crippen LogP contribution in [0.4, 0.5) is 13.2 Å². The number of piperidine rings is 1. The Kier molecular flexibility index (Phi) is 2.88. The number of halogens is 3. The van der Waals surface area contributed by atoms with Crippen LogP contribution in [-0.2, 0) is 4.79 Å². The third-order valence-electron chi connectivity index (χ3n) is 3.90. The van der Waals surface area contributed by atoms with E-state index in [-0.39, 0.29) is 12.8 Å². The molecule has 1 saturated carbocycles. The maximum absolute atomic E-state index is 12.7. The van der Waals surface area contributed by atoms with Gasteiger partial charge in [-0.25, -0.2) is 0 Å². The number of hydrogen-bond donors (Lipinski definition) is 2. The first-order valence-corrected chi connectivity index (χ1v) is 5.89. The predicted octanol–water partition coefficient (Wildman–Crippen LogP) is 1.59. The van der Waals surface area contributed by atoms with E-state index in [0.29, 0.717) is 25.9 Å². The molecular weight excluding hydrogens is 233 g/mol. The number of nitrogens with one attached hydrogen (secondary N) is 2. The van der Waals surface area contributed by atoms with Crippen molar-refractivity contribution < 1.29 is 18.0 Å². The maximum atomic E-state index is 12.7. The summed E-state index contributed by atoms with van der Waals surface area (Å²) < 4.78 is 38.2. The van der Waals surface area contributed by atoms with Crippen LogP contribution in [0.5, 0.6) is 0 Å². The van der Waals surface area contributed by atoms with Gasteiger partial charge in [0.15, 0.2) is 0 Å².